The van der Waals surface area contributed by atoms with Crippen LogP contribution in [0.15, 0.2) is 29.4 Å². The van der Waals surface area contributed by atoms with Crippen LogP contribution in [0.5, 0.6) is 0 Å². The third-order valence-corrected chi connectivity index (χ3v) is 5.90. The average Bonchev–Trinajstić information content (AvgIpc) is 3.09. The number of carbonyl (C=O) groups is 1. The lowest BCUT2D eigenvalue weighted by molar-refractivity contribution is -0.155. The predicted molar refractivity (Wildman–Crippen MR) is 102 cm³/mol. The minimum Gasteiger partial charge on any atom is -0.481 e. The Bertz CT molecular complexity index is 663. The van der Waals surface area contributed by atoms with Crippen molar-refractivity contribution in [3.8, 4) is 0 Å². The molecule has 2 heterocycles. The Morgan fingerprint density at radius 2 is 2.08 bits per heavy atom. The molecule has 1 atom stereocenters. The summed E-state index contributed by atoms with van der Waals surface area (Å²) in [6, 6.07) is 8.14. The number of likely N-dealkylation sites (tertiary alicyclic amines) is 1. The van der Waals surface area contributed by atoms with E-state index in [0.717, 1.165) is 30.9 Å². The molecule has 2 aliphatic heterocycles. The standard InChI is InChI=1S/C21H30N2O3/c1-3-4-11-23-12-9-21(10-13-23,20(24)25)15-17-14-19(22-26-17)18-8-6-5-7-16(18)2/h5-8,17H,3-4,9-15H2,1-2H3,(H,24,25)/t17-/m0/s1. The zero-order valence-corrected chi connectivity index (χ0v) is 15.9. The minimum absolute atomic E-state index is 0.136. The van der Waals surface area contributed by atoms with Crippen molar-refractivity contribution >= 4 is 11.7 Å². The number of piperidine rings is 1. The van der Waals surface area contributed by atoms with Crippen LogP contribution in [0.4, 0.5) is 0 Å². The molecule has 0 amide bonds. The first-order chi connectivity index (χ1) is 12.5. The van der Waals surface area contributed by atoms with Crippen LogP contribution >= 0.6 is 0 Å². The normalized spacial score (nSPS) is 22.7. The van der Waals surface area contributed by atoms with E-state index in [-0.39, 0.29) is 6.10 Å². The minimum atomic E-state index is -0.680. The topological polar surface area (TPSA) is 62.1 Å². The first-order valence-electron chi connectivity index (χ1n) is 9.78. The van der Waals surface area contributed by atoms with E-state index < -0.39 is 11.4 Å². The van der Waals surface area contributed by atoms with E-state index in [2.05, 4.69) is 36.0 Å². The van der Waals surface area contributed by atoms with Crippen LogP contribution in [-0.4, -0.2) is 47.4 Å². The fourth-order valence-corrected chi connectivity index (χ4v) is 4.12. The maximum Gasteiger partial charge on any atom is 0.309 e. The second kappa shape index (κ2) is 8.21. The van der Waals surface area contributed by atoms with Crippen molar-refractivity contribution in [2.75, 3.05) is 19.6 Å². The average molecular weight is 358 g/mol. The van der Waals surface area contributed by atoms with Gasteiger partial charge in [-0.2, -0.15) is 0 Å². The fourth-order valence-electron chi connectivity index (χ4n) is 4.12. The molecule has 142 valence electrons. The largest absolute Gasteiger partial charge is 0.481 e. The highest BCUT2D eigenvalue weighted by molar-refractivity contribution is 6.02. The maximum absolute atomic E-state index is 12.1. The van der Waals surface area contributed by atoms with Gasteiger partial charge < -0.3 is 14.8 Å². The second-order valence-electron chi connectivity index (χ2n) is 7.77. The van der Waals surface area contributed by atoms with Crippen LogP contribution in [0.1, 0.15) is 56.6 Å². The lowest BCUT2D eigenvalue weighted by atomic mass is 9.73. The van der Waals surface area contributed by atoms with Crippen molar-refractivity contribution in [1.82, 2.24) is 4.90 Å². The van der Waals surface area contributed by atoms with Gasteiger partial charge in [-0.3, -0.25) is 4.79 Å². The Morgan fingerprint density at radius 1 is 1.35 bits per heavy atom. The number of nitrogens with zero attached hydrogens (tertiary/aromatic N) is 2. The molecule has 0 spiro atoms. The summed E-state index contributed by atoms with van der Waals surface area (Å²) in [4.78, 5) is 20.1. The van der Waals surface area contributed by atoms with Crippen molar-refractivity contribution in [3.05, 3.63) is 35.4 Å². The molecule has 5 nitrogen and oxygen atoms in total. The quantitative estimate of drug-likeness (QED) is 0.804. The SMILES string of the molecule is CCCCN1CCC(C[C@@H]2CC(c3ccccc3C)=NO2)(C(=O)O)CC1. The van der Waals surface area contributed by atoms with E-state index in [4.69, 9.17) is 4.84 Å². The summed E-state index contributed by atoms with van der Waals surface area (Å²) in [7, 11) is 0. The molecule has 3 rings (SSSR count). The van der Waals surface area contributed by atoms with Gasteiger partial charge in [0.2, 0.25) is 0 Å². The van der Waals surface area contributed by atoms with Crippen LogP contribution in [0.3, 0.4) is 0 Å². The lowest BCUT2D eigenvalue weighted by Crippen LogP contribution is -2.46. The van der Waals surface area contributed by atoms with Crippen molar-refractivity contribution in [1.29, 1.82) is 0 Å². The van der Waals surface area contributed by atoms with E-state index in [1.807, 2.05) is 12.1 Å². The van der Waals surface area contributed by atoms with E-state index >= 15 is 0 Å². The highest BCUT2D eigenvalue weighted by atomic mass is 16.6. The smallest absolute Gasteiger partial charge is 0.309 e. The fraction of sp³-hybridized carbons (Fsp3) is 0.619. The summed E-state index contributed by atoms with van der Waals surface area (Å²) in [5, 5.41) is 14.2. The van der Waals surface area contributed by atoms with Crippen LogP contribution in [-0.2, 0) is 9.63 Å². The van der Waals surface area contributed by atoms with Crippen molar-refractivity contribution in [2.45, 2.75) is 58.5 Å². The highest BCUT2D eigenvalue weighted by Gasteiger charge is 2.44. The number of aryl methyl sites for hydroxylation is 1. The molecule has 1 aromatic carbocycles. The molecule has 1 saturated heterocycles. The van der Waals surface area contributed by atoms with Gasteiger partial charge in [0.05, 0.1) is 11.1 Å². The Hall–Kier alpha value is -1.88. The Labute approximate surface area is 156 Å². The van der Waals surface area contributed by atoms with Crippen LogP contribution in [0, 0.1) is 12.3 Å². The number of hydrogen-bond acceptors (Lipinski definition) is 4. The third-order valence-electron chi connectivity index (χ3n) is 5.90. The van der Waals surface area contributed by atoms with Gasteiger partial charge in [0, 0.05) is 18.4 Å². The van der Waals surface area contributed by atoms with Crippen molar-refractivity contribution in [2.24, 2.45) is 10.6 Å². The highest BCUT2D eigenvalue weighted by Crippen LogP contribution is 2.39. The van der Waals surface area contributed by atoms with Crippen LogP contribution in [0.25, 0.3) is 0 Å². The number of aliphatic carboxylic acids is 1. The first-order valence-corrected chi connectivity index (χ1v) is 9.78. The summed E-state index contributed by atoms with van der Waals surface area (Å²) >= 11 is 0. The molecule has 1 aromatic rings. The molecule has 2 aliphatic rings. The molecular weight excluding hydrogens is 328 g/mol. The van der Waals surface area contributed by atoms with E-state index in [0.29, 0.717) is 25.7 Å². The molecule has 0 saturated carbocycles. The summed E-state index contributed by atoms with van der Waals surface area (Å²) in [6.07, 6.45) is 4.86. The van der Waals surface area contributed by atoms with Gasteiger partial charge in [-0.1, -0.05) is 42.8 Å². The molecule has 0 unspecified atom stereocenters. The zero-order chi connectivity index (χ0) is 18.6. The lowest BCUT2D eigenvalue weighted by Gasteiger charge is -2.39. The summed E-state index contributed by atoms with van der Waals surface area (Å²) < 4.78 is 0. The maximum atomic E-state index is 12.1. The van der Waals surface area contributed by atoms with Gasteiger partial charge in [0.15, 0.2) is 0 Å². The summed E-state index contributed by atoms with van der Waals surface area (Å²) in [6.45, 7) is 7.06. The molecule has 5 heteroatoms. The molecule has 1 N–H and O–H groups in total. The molecule has 1 fully saturated rings. The Kier molecular flexibility index (Phi) is 5.97. The van der Waals surface area contributed by atoms with E-state index in [9.17, 15) is 9.90 Å². The first kappa shape index (κ1) is 18.9. The molecule has 0 aromatic heterocycles. The van der Waals surface area contributed by atoms with Gasteiger partial charge in [-0.05, 0) is 51.4 Å². The van der Waals surface area contributed by atoms with Gasteiger partial charge in [0.1, 0.15) is 6.10 Å². The van der Waals surface area contributed by atoms with E-state index in [1.54, 1.807) is 0 Å². The molecular formula is C21H30N2O3. The van der Waals surface area contributed by atoms with Crippen molar-refractivity contribution < 1.29 is 14.7 Å². The third kappa shape index (κ3) is 4.09. The number of carboxylic acid groups (broad SMARTS) is 1. The summed E-state index contributed by atoms with van der Waals surface area (Å²) in [5.74, 6) is -0.680. The number of unbranched alkanes of at least 4 members (excludes halogenated alkanes) is 1. The van der Waals surface area contributed by atoms with Crippen molar-refractivity contribution in [3.63, 3.8) is 0 Å². The Balaban J connectivity index is 1.61. The number of rotatable bonds is 7. The van der Waals surface area contributed by atoms with Gasteiger partial charge in [-0.15, -0.1) is 0 Å². The second-order valence-corrected chi connectivity index (χ2v) is 7.77. The van der Waals surface area contributed by atoms with Crippen LogP contribution < -0.4 is 0 Å². The Morgan fingerprint density at radius 3 is 2.73 bits per heavy atom. The van der Waals surface area contributed by atoms with E-state index in [1.165, 1.54) is 18.4 Å². The number of oxime groups is 1. The number of hydrogen-bond donors (Lipinski definition) is 1. The number of benzene rings is 1. The molecule has 0 bridgehead atoms. The zero-order valence-electron chi connectivity index (χ0n) is 15.9. The van der Waals surface area contributed by atoms with Gasteiger partial charge in [0.25, 0.3) is 0 Å². The molecule has 0 radical (unpaired) electrons. The molecule has 0 aliphatic carbocycles. The monoisotopic (exact) mass is 358 g/mol. The van der Waals surface area contributed by atoms with Gasteiger partial charge in [-0.25, -0.2) is 0 Å². The van der Waals surface area contributed by atoms with Gasteiger partial charge >= 0.3 is 5.97 Å². The predicted octanol–water partition coefficient (Wildman–Crippen LogP) is 3.85. The molecule has 26 heavy (non-hydrogen) atoms. The summed E-state index contributed by atoms with van der Waals surface area (Å²) in [5.41, 5.74) is 2.54. The van der Waals surface area contributed by atoms with Crippen LogP contribution in [0.2, 0.25) is 0 Å². The number of carboxylic acids is 1.